The molecule has 132 valence electrons. The van der Waals surface area contributed by atoms with E-state index in [0.29, 0.717) is 17.7 Å². The van der Waals surface area contributed by atoms with Crippen molar-refractivity contribution < 1.29 is 19.5 Å². The number of benzene rings is 1. The normalized spacial score (nSPS) is 11.6. The Kier molecular flexibility index (Phi) is 6.71. The maximum Gasteiger partial charge on any atom is 0.325 e. The molecule has 3 N–H and O–H groups in total. The minimum atomic E-state index is -1.11. The summed E-state index contributed by atoms with van der Waals surface area (Å²) in [6.45, 7) is 1.39. The SMILES string of the molecule is C[C@@H](NC(=O)c1cccc(NC(=O)CCCc2cccs2)c1)C(=O)O. The number of carbonyl (C=O) groups is 3. The van der Waals surface area contributed by atoms with Crippen LogP contribution in [-0.2, 0) is 16.0 Å². The van der Waals surface area contributed by atoms with Crippen LogP contribution in [-0.4, -0.2) is 28.9 Å². The Morgan fingerprint density at radius 3 is 2.68 bits per heavy atom. The number of aryl methyl sites for hydroxylation is 1. The number of hydrogen-bond acceptors (Lipinski definition) is 4. The Hall–Kier alpha value is -2.67. The van der Waals surface area contributed by atoms with Crippen molar-refractivity contribution >= 4 is 34.8 Å². The van der Waals surface area contributed by atoms with Gasteiger partial charge in [-0.15, -0.1) is 11.3 Å². The van der Waals surface area contributed by atoms with Gasteiger partial charge in [-0.3, -0.25) is 14.4 Å². The lowest BCUT2D eigenvalue weighted by atomic mass is 10.1. The molecule has 1 heterocycles. The summed E-state index contributed by atoms with van der Waals surface area (Å²) in [6, 6.07) is 9.47. The molecule has 1 atom stereocenters. The fourth-order valence-corrected chi connectivity index (χ4v) is 2.93. The molecule has 6 nitrogen and oxygen atoms in total. The first kappa shape index (κ1) is 18.7. The first-order valence-corrected chi connectivity index (χ1v) is 8.79. The van der Waals surface area contributed by atoms with Crippen LogP contribution in [0.4, 0.5) is 5.69 Å². The highest BCUT2D eigenvalue weighted by molar-refractivity contribution is 7.09. The molecule has 0 radical (unpaired) electrons. The first-order chi connectivity index (χ1) is 12.0. The van der Waals surface area contributed by atoms with E-state index in [9.17, 15) is 14.4 Å². The molecule has 0 fully saturated rings. The highest BCUT2D eigenvalue weighted by Gasteiger charge is 2.15. The van der Waals surface area contributed by atoms with Crippen molar-refractivity contribution in [1.29, 1.82) is 0 Å². The number of anilines is 1. The molecule has 0 aliphatic carbocycles. The fraction of sp³-hybridized carbons (Fsp3) is 0.278. The lowest BCUT2D eigenvalue weighted by molar-refractivity contribution is -0.138. The maximum atomic E-state index is 12.0. The topological polar surface area (TPSA) is 95.5 Å². The largest absolute Gasteiger partial charge is 0.480 e. The van der Waals surface area contributed by atoms with Crippen molar-refractivity contribution in [2.45, 2.75) is 32.2 Å². The van der Waals surface area contributed by atoms with Gasteiger partial charge >= 0.3 is 5.97 Å². The van der Waals surface area contributed by atoms with E-state index >= 15 is 0 Å². The van der Waals surface area contributed by atoms with Gasteiger partial charge in [-0.2, -0.15) is 0 Å². The van der Waals surface area contributed by atoms with Crippen molar-refractivity contribution in [2.24, 2.45) is 0 Å². The van der Waals surface area contributed by atoms with Crippen molar-refractivity contribution in [1.82, 2.24) is 5.32 Å². The maximum absolute atomic E-state index is 12.0. The molecule has 2 amide bonds. The van der Waals surface area contributed by atoms with Crippen LogP contribution < -0.4 is 10.6 Å². The van der Waals surface area contributed by atoms with Crippen LogP contribution in [0.3, 0.4) is 0 Å². The van der Waals surface area contributed by atoms with Gasteiger partial charge in [0.2, 0.25) is 5.91 Å². The van der Waals surface area contributed by atoms with Gasteiger partial charge in [-0.25, -0.2) is 0 Å². The molecule has 0 bridgehead atoms. The standard InChI is InChI=1S/C18H20N2O4S/c1-12(18(23)24)19-17(22)13-5-2-6-14(11-13)20-16(21)9-3-7-15-8-4-10-25-15/h2,4-6,8,10-12H,3,7,9H2,1H3,(H,19,22)(H,20,21)(H,23,24)/t12-/m1/s1. The summed E-state index contributed by atoms with van der Waals surface area (Å²) < 4.78 is 0. The van der Waals surface area contributed by atoms with Crippen LogP contribution in [0.1, 0.15) is 35.0 Å². The van der Waals surface area contributed by atoms with Crippen molar-refractivity contribution in [3.8, 4) is 0 Å². The van der Waals surface area contributed by atoms with E-state index in [-0.39, 0.29) is 5.91 Å². The number of rotatable bonds is 8. The molecule has 1 aromatic carbocycles. The number of nitrogens with one attached hydrogen (secondary N) is 2. The van der Waals surface area contributed by atoms with E-state index in [1.165, 1.54) is 17.9 Å². The summed E-state index contributed by atoms with van der Waals surface area (Å²) in [5.74, 6) is -1.72. The highest BCUT2D eigenvalue weighted by atomic mass is 32.1. The Balaban J connectivity index is 1.86. The Bertz CT molecular complexity index is 743. The van der Waals surface area contributed by atoms with Gasteiger partial charge in [-0.05, 0) is 49.4 Å². The number of carboxylic acid groups (broad SMARTS) is 1. The van der Waals surface area contributed by atoms with Crippen LogP contribution in [0, 0.1) is 0 Å². The number of carboxylic acids is 1. The molecule has 25 heavy (non-hydrogen) atoms. The fourth-order valence-electron chi connectivity index (χ4n) is 2.18. The molecule has 0 unspecified atom stereocenters. The van der Waals surface area contributed by atoms with Gasteiger partial charge in [-0.1, -0.05) is 12.1 Å². The highest BCUT2D eigenvalue weighted by Crippen LogP contribution is 2.14. The number of carbonyl (C=O) groups excluding carboxylic acids is 2. The van der Waals surface area contributed by atoms with Gasteiger partial charge in [0.05, 0.1) is 0 Å². The van der Waals surface area contributed by atoms with E-state index in [4.69, 9.17) is 5.11 Å². The van der Waals surface area contributed by atoms with Crippen molar-refractivity contribution in [3.05, 3.63) is 52.2 Å². The third-order valence-electron chi connectivity index (χ3n) is 3.53. The Morgan fingerprint density at radius 2 is 2.00 bits per heavy atom. The summed E-state index contributed by atoms with van der Waals surface area (Å²) >= 11 is 1.67. The van der Waals surface area contributed by atoms with Gasteiger partial charge in [0, 0.05) is 22.5 Å². The quantitative estimate of drug-likeness (QED) is 0.674. The van der Waals surface area contributed by atoms with E-state index in [1.807, 2.05) is 17.5 Å². The molecule has 2 rings (SSSR count). The Morgan fingerprint density at radius 1 is 1.20 bits per heavy atom. The van der Waals surface area contributed by atoms with E-state index in [0.717, 1.165) is 12.8 Å². The summed E-state index contributed by atoms with van der Waals surface area (Å²) in [4.78, 5) is 36.1. The molecular formula is C18H20N2O4S. The molecule has 0 saturated carbocycles. The lowest BCUT2D eigenvalue weighted by Gasteiger charge is -2.10. The van der Waals surface area contributed by atoms with Crippen molar-refractivity contribution in [3.63, 3.8) is 0 Å². The summed E-state index contributed by atoms with van der Waals surface area (Å²) in [5, 5.41) is 16.0. The summed E-state index contributed by atoms with van der Waals surface area (Å²) in [6.07, 6.45) is 2.01. The average molecular weight is 360 g/mol. The Labute approximate surface area is 149 Å². The number of aliphatic carboxylic acids is 1. The van der Waals surface area contributed by atoms with E-state index in [2.05, 4.69) is 10.6 Å². The molecule has 0 aliphatic heterocycles. The third-order valence-corrected chi connectivity index (χ3v) is 4.47. The minimum Gasteiger partial charge on any atom is -0.480 e. The smallest absolute Gasteiger partial charge is 0.325 e. The first-order valence-electron chi connectivity index (χ1n) is 7.91. The molecule has 0 aliphatic rings. The molecule has 0 saturated heterocycles. The zero-order valence-electron chi connectivity index (χ0n) is 13.8. The molecule has 2 aromatic rings. The molecule has 1 aromatic heterocycles. The predicted molar refractivity (Wildman–Crippen MR) is 96.9 cm³/mol. The number of amides is 2. The van der Waals surface area contributed by atoms with E-state index < -0.39 is 17.9 Å². The van der Waals surface area contributed by atoms with Gasteiger partial charge in [0.15, 0.2) is 0 Å². The van der Waals surface area contributed by atoms with Crippen LogP contribution in [0.5, 0.6) is 0 Å². The van der Waals surface area contributed by atoms with Crippen molar-refractivity contribution in [2.75, 3.05) is 5.32 Å². The van der Waals surface area contributed by atoms with Crippen LogP contribution in [0.15, 0.2) is 41.8 Å². The second kappa shape index (κ2) is 8.98. The van der Waals surface area contributed by atoms with E-state index in [1.54, 1.807) is 29.5 Å². The van der Waals surface area contributed by atoms with Gasteiger partial charge in [0.25, 0.3) is 5.91 Å². The summed E-state index contributed by atoms with van der Waals surface area (Å²) in [7, 11) is 0. The zero-order chi connectivity index (χ0) is 18.2. The third kappa shape index (κ3) is 6.04. The number of hydrogen-bond donors (Lipinski definition) is 3. The minimum absolute atomic E-state index is 0.118. The van der Waals surface area contributed by atoms with Crippen LogP contribution >= 0.6 is 11.3 Å². The monoisotopic (exact) mass is 360 g/mol. The van der Waals surface area contributed by atoms with Gasteiger partial charge < -0.3 is 15.7 Å². The van der Waals surface area contributed by atoms with Crippen LogP contribution in [0.25, 0.3) is 0 Å². The zero-order valence-corrected chi connectivity index (χ0v) is 14.6. The molecule has 7 heteroatoms. The van der Waals surface area contributed by atoms with Crippen LogP contribution in [0.2, 0.25) is 0 Å². The predicted octanol–water partition coefficient (Wildman–Crippen LogP) is 2.91. The summed E-state index contributed by atoms with van der Waals surface area (Å²) in [5.41, 5.74) is 0.807. The lowest BCUT2D eigenvalue weighted by Crippen LogP contribution is -2.38. The second-order valence-corrected chi connectivity index (χ2v) is 6.63. The molecular weight excluding hydrogens is 340 g/mol. The number of thiophene rings is 1. The average Bonchev–Trinajstić information content (AvgIpc) is 3.08. The second-order valence-electron chi connectivity index (χ2n) is 5.60. The van der Waals surface area contributed by atoms with Gasteiger partial charge in [0.1, 0.15) is 6.04 Å². The molecule has 0 spiro atoms.